The van der Waals surface area contributed by atoms with Gasteiger partial charge in [0.15, 0.2) is 11.2 Å². The number of nitrogens with zero attached hydrogens (tertiary/aromatic N) is 4. The summed E-state index contributed by atoms with van der Waals surface area (Å²) in [5.41, 5.74) is 0.280. The molecule has 25 heavy (non-hydrogen) atoms. The molecule has 2 N–H and O–H groups in total. The highest BCUT2D eigenvalue weighted by atomic mass is 35.5. The molecule has 138 valence electrons. The van der Waals surface area contributed by atoms with E-state index in [1.165, 1.54) is 24.5 Å². The average Bonchev–Trinajstić information content (AvgIpc) is 3.08. The van der Waals surface area contributed by atoms with Crippen molar-refractivity contribution in [3.63, 3.8) is 0 Å². The van der Waals surface area contributed by atoms with Gasteiger partial charge in [-0.3, -0.25) is 13.9 Å². The van der Waals surface area contributed by atoms with Crippen molar-refractivity contribution in [1.82, 2.24) is 18.7 Å². The minimum Gasteiger partial charge on any atom is -1.00 e. The molecule has 2 fully saturated rings. The summed E-state index contributed by atoms with van der Waals surface area (Å²) >= 11 is 0. The molecule has 0 radical (unpaired) electrons. The number of nitrogens with one attached hydrogen (secondary N) is 1. The van der Waals surface area contributed by atoms with Crippen LogP contribution in [0.2, 0.25) is 0 Å². The van der Waals surface area contributed by atoms with E-state index in [4.69, 9.17) is 0 Å². The molecule has 4 heterocycles. The SMILES string of the molecule is Cn1c(=O)c2c(ncn2CC[NH+]2C3CCC2CC(O)C3)n(C)c1=O.[Cl-]. The maximum atomic E-state index is 12.5. The number of aliphatic hydroxyl groups excluding tert-OH is 1. The summed E-state index contributed by atoms with van der Waals surface area (Å²) in [4.78, 5) is 30.3. The molecule has 0 saturated carbocycles. The van der Waals surface area contributed by atoms with Gasteiger partial charge < -0.3 is 27.0 Å². The highest BCUT2D eigenvalue weighted by Crippen LogP contribution is 2.22. The maximum Gasteiger partial charge on any atom is 0.332 e. The molecular weight excluding hydrogens is 346 g/mol. The van der Waals surface area contributed by atoms with Gasteiger partial charge in [0.25, 0.3) is 5.56 Å². The first kappa shape index (κ1) is 18.2. The molecule has 2 unspecified atom stereocenters. The molecule has 4 rings (SSSR count). The lowest BCUT2D eigenvalue weighted by Gasteiger charge is -2.34. The molecule has 0 aromatic carbocycles. The average molecular weight is 370 g/mol. The highest BCUT2D eigenvalue weighted by Gasteiger charge is 2.43. The van der Waals surface area contributed by atoms with Gasteiger partial charge in [-0.05, 0) is 0 Å². The predicted octanol–water partition coefficient (Wildman–Crippen LogP) is -4.99. The Morgan fingerprint density at radius 1 is 1.20 bits per heavy atom. The standard InChI is InChI=1S/C16H23N5O3.ClH/c1-18-14-13(15(23)19(2)16(18)24)20(9-17-14)5-6-21-10-3-4-11(21)8-12(22)7-10;/h9-12,22H,3-8H2,1-2H3;1H. The fourth-order valence-electron chi connectivity index (χ4n) is 4.62. The van der Waals surface area contributed by atoms with Gasteiger partial charge in [-0.2, -0.15) is 0 Å². The second kappa shape index (κ2) is 6.59. The van der Waals surface area contributed by atoms with Crippen LogP contribution >= 0.6 is 0 Å². The quantitative estimate of drug-likeness (QED) is 0.567. The minimum absolute atomic E-state index is 0. The molecule has 2 bridgehead atoms. The van der Waals surface area contributed by atoms with Crippen LogP contribution in [0.5, 0.6) is 0 Å². The van der Waals surface area contributed by atoms with Gasteiger partial charge in [-0.25, -0.2) is 9.78 Å². The van der Waals surface area contributed by atoms with Crippen molar-refractivity contribution in [2.24, 2.45) is 14.1 Å². The first-order valence-electron chi connectivity index (χ1n) is 8.62. The zero-order valence-corrected chi connectivity index (χ0v) is 15.2. The van der Waals surface area contributed by atoms with Crippen molar-refractivity contribution in [2.45, 2.75) is 50.4 Å². The van der Waals surface area contributed by atoms with Crippen LogP contribution in [0.1, 0.15) is 25.7 Å². The van der Waals surface area contributed by atoms with E-state index in [0.717, 1.165) is 24.0 Å². The Hall–Kier alpha value is -1.64. The van der Waals surface area contributed by atoms with Crippen LogP contribution in [-0.4, -0.2) is 48.5 Å². The summed E-state index contributed by atoms with van der Waals surface area (Å²) in [6, 6.07) is 1.06. The van der Waals surface area contributed by atoms with Crippen LogP contribution in [0.15, 0.2) is 15.9 Å². The molecule has 0 amide bonds. The van der Waals surface area contributed by atoms with Gasteiger partial charge in [-0.15, -0.1) is 0 Å². The van der Waals surface area contributed by atoms with Crippen molar-refractivity contribution < 1.29 is 22.4 Å². The van der Waals surface area contributed by atoms with Crippen LogP contribution in [0.25, 0.3) is 11.2 Å². The topological polar surface area (TPSA) is 86.5 Å². The second-order valence-corrected chi connectivity index (χ2v) is 7.24. The van der Waals surface area contributed by atoms with Gasteiger partial charge in [-0.1, -0.05) is 0 Å². The van der Waals surface area contributed by atoms with E-state index < -0.39 is 0 Å². The minimum atomic E-state index is -0.355. The Labute approximate surface area is 151 Å². The van der Waals surface area contributed by atoms with Crippen LogP contribution in [0.3, 0.4) is 0 Å². The van der Waals surface area contributed by atoms with Gasteiger partial charge in [0, 0.05) is 39.8 Å². The second-order valence-electron chi connectivity index (χ2n) is 7.24. The molecule has 9 heteroatoms. The molecule has 2 aliphatic rings. The molecule has 8 nitrogen and oxygen atoms in total. The normalized spacial score (nSPS) is 28.3. The van der Waals surface area contributed by atoms with Gasteiger partial charge in [0.2, 0.25) is 0 Å². The molecular formula is C16H24ClN5O3. The first-order valence-corrected chi connectivity index (χ1v) is 8.62. The number of hydrogen-bond donors (Lipinski definition) is 2. The predicted molar refractivity (Wildman–Crippen MR) is 88.1 cm³/mol. The number of quaternary nitrogens is 1. The highest BCUT2D eigenvalue weighted by molar-refractivity contribution is 5.69. The summed E-state index contributed by atoms with van der Waals surface area (Å²) in [6.07, 6.45) is 5.63. The van der Waals surface area contributed by atoms with E-state index in [0.29, 0.717) is 29.8 Å². The summed E-state index contributed by atoms with van der Waals surface area (Å²) in [5, 5.41) is 9.92. The van der Waals surface area contributed by atoms with E-state index in [9.17, 15) is 14.7 Å². The zero-order valence-electron chi connectivity index (χ0n) is 14.5. The lowest BCUT2D eigenvalue weighted by Crippen LogP contribution is -3.18. The lowest BCUT2D eigenvalue weighted by atomic mass is 10.00. The van der Waals surface area contributed by atoms with Crippen molar-refractivity contribution in [2.75, 3.05) is 6.54 Å². The lowest BCUT2D eigenvalue weighted by molar-refractivity contribution is -0.942. The van der Waals surface area contributed by atoms with Crippen molar-refractivity contribution in [3.8, 4) is 0 Å². The summed E-state index contributed by atoms with van der Waals surface area (Å²) in [6.45, 7) is 1.61. The number of aryl methyl sites for hydroxylation is 1. The number of imidazole rings is 1. The van der Waals surface area contributed by atoms with Crippen LogP contribution in [-0.2, 0) is 20.6 Å². The van der Waals surface area contributed by atoms with Crippen LogP contribution in [0.4, 0.5) is 0 Å². The van der Waals surface area contributed by atoms with Crippen molar-refractivity contribution in [3.05, 3.63) is 27.2 Å². The first-order chi connectivity index (χ1) is 11.5. The Kier molecular flexibility index (Phi) is 4.78. The molecule has 2 aromatic heterocycles. The van der Waals surface area contributed by atoms with Crippen molar-refractivity contribution >= 4 is 11.2 Å². The maximum absolute atomic E-state index is 12.5. The monoisotopic (exact) mass is 369 g/mol. The number of rotatable bonds is 3. The summed E-state index contributed by atoms with van der Waals surface area (Å²) in [5.74, 6) is 0. The Morgan fingerprint density at radius 3 is 2.48 bits per heavy atom. The van der Waals surface area contributed by atoms with Gasteiger partial charge >= 0.3 is 5.69 Å². The third-order valence-corrected chi connectivity index (χ3v) is 5.88. The molecule has 2 aromatic rings. The van der Waals surface area contributed by atoms with Crippen molar-refractivity contribution in [1.29, 1.82) is 0 Å². The summed E-state index contributed by atoms with van der Waals surface area (Å²) in [7, 11) is 3.14. The van der Waals surface area contributed by atoms with E-state index in [1.807, 2.05) is 4.57 Å². The molecule has 2 aliphatic heterocycles. The molecule has 0 spiro atoms. The molecule has 2 saturated heterocycles. The number of hydrogen-bond acceptors (Lipinski definition) is 4. The van der Waals surface area contributed by atoms with Gasteiger partial charge in [0.1, 0.15) is 0 Å². The van der Waals surface area contributed by atoms with E-state index in [-0.39, 0.29) is 29.8 Å². The Morgan fingerprint density at radius 2 is 1.84 bits per heavy atom. The fraction of sp³-hybridized carbons (Fsp3) is 0.688. The Balaban J connectivity index is 0.00000182. The molecule has 0 aliphatic carbocycles. The number of aliphatic hydroxyl groups is 1. The number of aromatic nitrogens is 4. The Bertz CT molecular complexity index is 888. The van der Waals surface area contributed by atoms with E-state index in [1.54, 1.807) is 18.3 Å². The smallest absolute Gasteiger partial charge is 0.332 e. The molecule has 2 atom stereocenters. The van der Waals surface area contributed by atoms with E-state index in [2.05, 4.69) is 4.98 Å². The zero-order chi connectivity index (χ0) is 17.0. The number of halogens is 1. The third kappa shape index (κ3) is 2.82. The largest absolute Gasteiger partial charge is 1.00 e. The number of fused-ring (bicyclic) bond motifs is 3. The third-order valence-electron chi connectivity index (χ3n) is 5.88. The van der Waals surface area contributed by atoms with Gasteiger partial charge in [0.05, 0.1) is 37.6 Å². The van der Waals surface area contributed by atoms with E-state index >= 15 is 0 Å². The fourth-order valence-corrected chi connectivity index (χ4v) is 4.62. The summed E-state index contributed by atoms with van der Waals surface area (Å²) < 4.78 is 4.42. The van der Waals surface area contributed by atoms with Crippen LogP contribution in [0, 0.1) is 0 Å². The number of piperidine rings is 1. The van der Waals surface area contributed by atoms with Crippen LogP contribution < -0.4 is 28.6 Å².